The molecule has 1 amide bonds. The van der Waals surface area contributed by atoms with Gasteiger partial charge >= 0.3 is 5.97 Å². The number of benzene rings is 1. The van der Waals surface area contributed by atoms with Crippen molar-refractivity contribution >= 4 is 11.9 Å². The monoisotopic (exact) mass is 309 g/mol. The summed E-state index contributed by atoms with van der Waals surface area (Å²) in [6.07, 6.45) is -0.831. The number of para-hydroxylation sites is 2. The molecule has 2 atom stereocenters. The Balaban J connectivity index is 2.74. The molecule has 22 heavy (non-hydrogen) atoms. The largest absolute Gasteiger partial charge is 0.490 e. The summed E-state index contributed by atoms with van der Waals surface area (Å²) in [6, 6.07) is 6.09. The number of nitrogens with one attached hydrogen (secondary N) is 1. The maximum atomic E-state index is 12.1. The van der Waals surface area contributed by atoms with E-state index < -0.39 is 24.0 Å². The van der Waals surface area contributed by atoms with Gasteiger partial charge in [-0.2, -0.15) is 0 Å². The minimum Gasteiger partial charge on any atom is -0.490 e. The lowest BCUT2D eigenvalue weighted by Crippen LogP contribution is -2.48. The molecule has 0 radical (unpaired) electrons. The quantitative estimate of drug-likeness (QED) is 0.768. The maximum Gasteiger partial charge on any atom is 0.326 e. The van der Waals surface area contributed by atoms with E-state index in [1.54, 1.807) is 39.0 Å². The van der Waals surface area contributed by atoms with E-state index in [2.05, 4.69) is 5.32 Å². The molecular formula is C16H23NO5. The third-order valence-electron chi connectivity index (χ3n) is 3.05. The van der Waals surface area contributed by atoms with Gasteiger partial charge in [0.1, 0.15) is 6.04 Å². The van der Waals surface area contributed by atoms with Crippen LogP contribution in [0.4, 0.5) is 0 Å². The van der Waals surface area contributed by atoms with Crippen LogP contribution in [-0.2, 0) is 9.59 Å². The number of ether oxygens (including phenoxy) is 2. The molecule has 0 spiro atoms. The van der Waals surface area contributed by atoms with E-state index in [0.717, 1.165) is 0 Å². The van der Waals surface area contributed by atoms with Crippen molar-refractivity contribution in [1.82, 2.24) is 5.32 Å². The number of carbonyl (C=O) groups excluding carboxylic acids is 1. The topological polar surface area (TPSA) is 84.9 Å². The van der Waals surface area contributed by atoms with Crippen molar-refractivity contribution in [3.63, 3.8) is 0 Å². The highest BCUT2D eigenvalue weighted by Crippen LogP contribution is 2.27. The zero-order chi connectivity index (χ0) is 16.7. The van der Waals surface area contributed by atoms with E-state index in [0.29, 0.717) is 18.1 Å². The van der Waals surface area contributed by atoms with Gasteiger partial charge in [0, 0.05) is 0 Å². The van der Waals surface area contributed by atoms with Crippen LogP contribution in [0.5, 0.6) is 11.5 Å². The molecular weight excluding hydrogens is 286 g/mol. The standard InChI is InChI=1S/C16H23NO5/c1-5-21-12-8-6-7-9-13(12)22-11(4)15(18)17-14(10(2)3)16(19)20/h6-11,14H,5H2,1-4H3,(H,17,18)(H,19,20). The van der Waals surface area contributed by atoms with Crippen LogP contribution in [0.3, 0.4) is 0 Å². The summed E-state index contributed by atoms with van der Waals surface area (Å²) in [5.74, 6) is -0.770. The van der Waals surface area contributed by atoms with Crippen LogP contribution in [0.15, 0.2) is 24.3 Å². The van der Waals surface area contributed by atoms with Gasteiger partial charge in [0.25, 0.3) is 5.91 Å². The Morgan fingerprint density at radius 3 is 2.27 bits per heavy atom. The molecule has 2 unspecified atom stereocenters. The molecule has 0 fully saturated rings. The SMILES string of the molecule is CCOc1ccccc1OC(C)C(=O)NC(C(=O)O)C(C)C. The Kier molecular flexibility index (Phi) is 6.69. The smallest absolute Gasteiger partial charge is 0.326 e. The van der Waals surface area contributed by atoms with E-state index in [1.807, 2.05) is 13.0 Å². The lowest BCUT2D eigenvalue weighted by atomic mass is 10.0. The van der Waals surface area contributed by atoms with Gasteiger partial charge in [-0.15, -0.1) is 0 Å². The first-order valence-corrected chi connectivity index (χ1v) is 7.28. The number of hydrogen-bond donors (Lipinski definition) is 2. The number of carboxylic acid groups (broad SMARTS) is 1. The van der Waals surface area contributed by atoms with Gasteiger partial charge in [-0.3, -0.25) is 4.79 Å². The summed E-state index contributed by atoms with van der Waals surface area (Å²) in [7, 11) is 0. The molecule has 0 aromatic heterocycles. The predicted octanol–water partition coefficient (Wildman–Crippen LogP) is 2.08. The second kappa shape index (κ2) is 8.26. The number of carboxylic acids is 1. The highest BCUT2D eigenvalue weighted by atomic mass is 16.5. The Morgan fingerprint density at radius 1 is 1.18 bits per heavy atom. The molecule has 122 valence electrons. The van der Waals surface area contributed by atoms with Crippen LogP contribution in [0.2, 0.25) is 0 Å². The molecule has 1 aromatic rings. The van der Waals surface area contributed by atoms with Gasteiger partial charge in [0.05, 0.1) is 6.61 Å². The third kappa shape index (κ3) is 4.95. The van der Waals surface area contributed by atoms with Gasteiger partial charge in [0.15, 0.2) is 17.6 Å². The van der Waals surface area contributed by atoms with Crippen molar-refractivity contribution in [1.29, 1.82) is 0 Å². The van der Waals surface area contributed by atoms with E-state index >= 15 is 0 Å². The zero-order valence-corrected chi connectivity index (χ0v) is 13.3. The Bertz CT molecular complexity index is 515. The molecule has 0 bridgehead atoms. The normalized spacial score (nSPS) is 13.3. The van der Waals surface area contributed by atoms with Crippen LogP contribution in [0.25, 0.3) is 0 Å². The van der Waals surface area contributed by atoms with Gasteiger partial charge in [-0.1, -0.05) is 26.0 Å². The molecule has 1 aromatic carbocycles. The third-order valence-corrected chi connectivity index (χ3v) is 3.05. The average molecular weight is 309 g/mol. The van der Waals surface area contributed by atoms with E-state index in [4.69, 9.17) is 14.6 Å². The lowest BCUT2D eigenvalue weighted by Gasteiger charge is -2.21. The molecule has 0 aliphatic heterocycles. The van der Waals surface area contributed by atoms with Crippen molar-refractivity contribution < 1.29 is 24.2 Å². The average Bonchev–Trinajstić information content (AvgIpc) is 2.46. The summed E-state index contributed by atoms with van der Waals surface area (Å²) < 4.78 is 11.0. The van der Waals surface area contributed by atoms with Crippen molar-refractivity contribution in [3.05, 3.63) is 24.3 Å². The summed E-state index contributed by atoms with van der Waals surface area (Å²) in [5.41, 5.74) is 0. The first kappa shape index (κ1) is 17.8. The van der Waals surface area contributed by atoms with Crippen molar-refractivity contribution in [3.8, 4) is 11.5 Å². The number of rotatable bonds is 8. The Morgan fingerprint density at radius 2 is 1.77 bits per heavy atom. The lowest BCUT2D eigenvalue weighted by molar-refractivity contribution is -0.144. The fourth-order valence-corrected chi connectivity index (χ4v) is 1.85. The summed E-state index contributed by atoms with van der Waals surface area (Å²) >= 11 is 0. The van der Waals surface area contributed by atoms with Crippen molar-refractivity contribution in [2.45, 2.75) is 39.8 Å². The van der Waals surface area contributed by atoms with Crippen molar-refractivity contribution in [2.75, 3.05) is 6.61 Å². The minimum absolute atomic E-state index is 0.218. The van der Waals surface area contributed by atoms with Gasteiger partial charge in [-0.05, 0) is 31.9 Å². The van der Waals surface area contributed by atoms with Crippen LogP contribution < -0.4 is 14.8 Å². The predicted molar refractivity (Wildman–Crippen MR) is 82.1 cm³/mol. The first-order chi connectivity index (χ1) is 10.4. The molecule has 6 nitrogen and oxygen atoms in total. The second-order valence-electron chi connectivity index (χ2n) is 5.21. The minimum atomic E-state index is -1.06. The van der Waals surface area contributed by atoms with Crippen LogP contribution in [-0.4, -0.2) is 35.7 Å². The molecule has 6 heteroatoms. The second-order valence-corrected chi connectivity index (χ2v) is 5.21. The molecule has 2 N–H and O–H groups in total. The Labute approximate surface area is 130 Å². The highest BCUT2D eigenvalue weighted by Gasteiger charge is 2.26. The Hall–Kier alpha value is -2.24. The number of aliphatic carboxylic acids is 1. The fourth-order valence-electron chi connectivity index (χ4n) is 1.85. The summed E-state index contributed by atoms with van der Waals surface area (Å²) in [6.45, 7) is 7.36. The van der Waals surface area contributed by atoms with Gasteiger partial charge < -0.3 is 19.9 Å². The number of amides is 1. The molecule has 0 aliphatic rings. The maximum absolute atomic E-state index is 12.1. The van der Waals surface area contributed by atoms with E-state index in [-0.39, 0.29) is 5.92 Å². The van der Waals surface area contributed by atoms with Gasteiger partial charge in [0.2, 0.25) is 0 Å². The summed E-state index contributed by atoms with van der Waals surface area (Å²) in [4.78, 5) is 23.2. The molecule has 0 aliphatic carbocycles. The molecule has 0 saturated carbocycles. The number of hydrogen-bond acceptors (Lipinski definition) is 4. The van der Waals surface area contributed by atoms with E-state index in [9.17, 15) is 9.59 Å². The first-order valence-electron chi connectivity index (χ1n) is 7.28. The molecule has 0 saturated heterocycles. The molecule has 0 heterocycles. The fraction of sp³-hybridized carbons (Fsp3) is 0.500. The highest BCUT2D eigenvalue weighted by molar-refractivity contribution is 5.86. The van der Waals surface area contributed by atoms with Crippen LogP contribution in [0.1, 0.15) is 27.7 Å². The molecule has 1 rings (SSSR count). The van der Waals surface area contributed by atoms with Gasteiger partial charge in [-0.25, -0.2) is 4.79 Å². The van der Waals surface area contributed by atoms with Crippen LogP contribution >= 0.6 is 0 Å². The number of carbonyl (C=O) groups is 2. The van der Waals surface area contributed by atoms with E-state index in [1.165, 1.54) is 0 Å². The van der Waals surface area contributed by atoms with Crippen molar-refractivity contribution in [2.24, 2.45) is 5.92 Å². The summed E-state index contributed by atoms with van der Waals surface area (Å²) in [5, 5.41) is 11.6. The van der Waals surface area contributed by atoms with Crippen LogP contribution in [0, 0.1) is 5.92 Å². The zero-order valence-electron chi connectivity index (χ0n) is 13.3.